The number of nitrogens with zero attached hydrogens (tertiary/aromatic N) is 2. The van der Waals surface area contributed by atoms with Crippen LogP contribution < -0.4 is 10.5 Å². The summed E-state index contributed by atoms with van der Waals surface area (Å²) in [7, 11) is -1.59. The Morgan fingerprint density at radius 1 is 1.03 bits per heavy atom. The zero-order chi connectivity index (χ0) is 24.1. The molecule has 1 heterocycles. The van der Waals surface area contributed by atoms with Gasteiger partial charge in [0.1, 0.15) is 11.6 Å². The van der Waals surface area contributed by atoms with Crippen molar-refractivity contribution in [1.29, 1.82) is 0 Å². The number of nitrogen functional groups attached to an aromatic ring is 1. The van der Waals surface area contributed by atoms with Crippen molar-refractivity contribution >= 4 is 39.4 Å². The van der Waals surface area contributed by atoms with Crippen molar-refractivity contribution < 1.29 is 13.4 Å². The number of hydrogen-bond acceptors (Lipinski definition) is 5. The topological polar surface area (TPSA) is 98.0 Å². The molecule has 0 spiro atoms. The fourth-order valence-corrected chi connectivity index (χ4v) is 4.57. The standard InChI is InChI=1S/C26H25FN4O2S/c1-17(12-13-21(32)15-18-6-4-8-20(27)14-18)19-7-5-9-22(16-19)34(33)31-26-25(28)29-23-10-2-3-11-24(23)30-26/h2-11,14,16-17H,12-13,15H2,1H3,(H2,28,29)(H,30,31). The molecule has 0 fully saturated rings. The predicted octanol–water partition coefficient (Wildman–Crippen LogP) is 5.18. The molecule has 2 atom stereocenters. The smallest absolute Gasteiger partial charge is 0.181 e. The van der Waals surface area contributed by atoms with Crippen LogP contribution in [0.25, 0.3) is 11.0 Å². The highest BCUT2D eigenvalue weighted by Gasteiger charge is 2.14. The van der Waals surface area contributed by atoms with Gasteiger partial charge in [-0.25, -0.2) is 18.6 Å². The van der Waals surface area contributed by atoms with E-state index in [4.69, 9.17) is 5.73 Å². The number of nitrogens with one attached hydrogen (secondary N) is 1. The van der Waals surface area contributed by atoms with Crippen molar-refractivity contribution in [2.75, 3.05) is 10.5 Å². The van der Waals surface area contributed by atoms with Crippen molar-refractivity contribution in [2.24, 2.45) is 0 Å². The highest BCUT2D eigenvalue weighted by atomic mass is 32.2. The van der Waals surface area contributed by atoms with Crippen LogP contribution in [0, 0.1) is 5.82 Å². The molecular formula is C26H25FN4O2S. The van der Waals surface area contributed by atoms with Gasteiger partial charge in [0.2, 0.25) is 0 Å². The largest absolute Gasteiger partial charge is 0.381 e. The van der Waals surface area contributed by atoms with Gasteiger partial charge in [0.25, 0.3) is 0 Å². The molecule has 0 saturated carbocycles. The molecule has 0 saturated heterocycles. The lowest BCUT2D eigenvalue weighted by molar-refractivity contribution is -0.118. The minimum absolute atomic E-state index is 0.0594. The van der Waals surface area contributed by atoms with Gasteiger partial charge < -0.3 is 5.73 Å². The molecule has 0 aliphatic heterocycles. The summed E-state index contributed by atoms with van der Waals surface area (Å²) in [5.41, 5.74) is 8.97. The first kappa shape index (κ1) is 23.5. The van der Waals surface area contributed by atoms with Crippen LogP contribution in [0.2, 0.25) is 0 Å². The van der Waals surface area contributed by atoms with E-state index in [9.17, 15) is 13.4 Å². The number of rotatable bonds is 9. The monoisotopic (exact) mass is 476 g/mol. The maximum atomic E-state index is 13.3. The fraction of sp³-hybridized carbons (Fsp3) is 0.192. The van der Waals surface area contributed by atoms with Crippen LogP contribution in [-0.2, 0) is 22.2 Å². The van der Waals surface area contributed by atoms with Crippen LogP contribution in [0.3, 0.4) is 0 Å². The first-order valence-electron chi connectivity index (χ1n) is 11.0. The van der Waals surface area contributed by atoms with Crippen molar-refractivity contribution in [2.45, 2.75) is 37.0 Å². The maximum Gasteiger partial charge on any atom is 0.181 e. The molecule has 3 aromatic carbocycles. The van der Waals surface area contributed by atoms with E-state index in [0.29, 0.717) is 34.3 Å². The second-order valence-electron chi connectivity index (χ2n) is 8.17. The molecule has 3 N–H and O–H groups in total. The van der Waals surface area contributed by atoms with Crippen molar-refractivity contribution in [3.05, 3.63) is 89.7 Å². The number of halogens is 1. The second kappa shape index (κ2) is 10.5. The molecule has 1 aromatic heterocycles. The van der Waals surface area contributed by atoms with Crippen LogP contribution in [0.4, 0.5) is 16.0 Å². The molecule has 0 radical (unpaired) electrons. The summed E-state index contributed by atoms with van der Waals surface area (Å²) in [6, 6.07) is 20.8. The van der Waals surface area contributed by atoms with E-state index in [1.54, 1.807) is 18.2 Å². The average molecular weight is 477 g/mol. The van der Waals surface area contributed by atoms with E-state index in [2.05, 4.69) is 14.7 Å². The van der Waals surface area contributed by atoms with Gasteiger partial charge in [-0.3, -0.25) is 9.52 Å². The first-order valence-corrected chi connectivity index (χ1v) is 12.1. The Kier molecular flexibility index (Phi) is 7.27. The number of aromatic nitrogens is 2. The van der Waals surface area contributed by atoms with Gasteiger partial charge in [-0.1, -0.05) is 43.3 Å². The quantitative estimate of drug-likeness (QED) is 0.347. The lowest BCUT2D eigenvalue weighted by Gasteiger charge is -2.14. The summed E-state index contributed by atoms with van der Waals surface area (Å²) in [6.45, 7) is 2.03. The van der Waals surface area contributed by atoms with Gasteiger partial charge in [-0.15, -0.1) is 0 Å². The number of benzene rings is 3. The zero-order valence-electron chi connectivity index (χ0n) is 18.7. The van der Waals surface area contributed by atoms with Crippen LogP contribution in [0.15, 0.2) is 77.7 Å². The normalized spacial score (nSPS) is 12.9. The lowest BCUT2D eigenvalue weighted by Crippen LogP contribution is -2.10. The number of Topliss-reactive ketones (excluding diaryl/α,β-unsaturated/α-hetero) is 1. The minimum atomic E-state index is -1.59. The highest BCUT2D eigenvalue weighted by molar-refractivity contribution is 7.86. The van der Waals surface area contributed by atoms with Gasteiger partial charge in [0.15, 0.2) is 22.6 Å². The summed E-state index contributed by atoms with van der Waals surface area (Å²) in [6.07, 6.45) is 1.24. The van der Waals surface area contributed by atoms with E-state index in [1.165, 1.54) is 12.1 Å². The minimum Gasteiger partial charge on any atom is -0.381 e. The zero-order valence-corrected chi connectivity index (χ0v) is 19.5. The van der Waals surface area contributed by atoms with E-state index >= 15 is 0 Å². The van der Waals surface area contributed by atoms with Crippen molar-refractivity contribution in [3.8, 4) is 0 Å². The number of hydrogen-bond donors (Lipinski definition) is 2. The number of nitrogens with two attached hydrogens (primary N) is 1. The van der Waals surface area contributed by atoms with Crippen LogP contribution in [0.5, 0.6) is 0 Å². The van der Waals surface area contributed by atoms with Crippen molar-refractivity contribution in [3.63, 3.8) is 0 Å². The molecule has 8 heteroatoms. The number of fused-ring (bicyclic) bond motifs is 1. The van der Waals surface area contributed by atoms with E-state index in [-0.39, 0.29) is 35.6 Å². The summed E-state index contributed by atoms with van der Waals surface area (Å²) < 4.78 is 29.2. The molecule has 0 aliphatic rings. The molecule has 4 aromatic rings. The number of para-hydroxylation sites is 2. The molecule has 0 aliphatic carbocycles. The summed E-state index contributed by atoms with van der Waals surface area (Å²) in [5, 5.41) is 0. The van der Waals surface area contributed by atoms with Gasteiger partial charge in [0.05, 0.1) is 15.9 Å². The molecular weight excluding hydrogens is 451 g/mol. The molecule has 2 unspecified atom stereocenters. The van der Waals surface area contributed by atoms with Gasteiger partial charge in [-0.2, -0.15) is 0 Å². The summed E-state index contributed by atoms with van der Waals surface area (Å²) in [4.78, 5) is 21.7. The van der Waals surface area contributed by atoms with E-state index < -0.39 is 11.0 Å². The Morgan fingerprint density at radius 3 is 2.53 bits per heavy atom. The fourth-order valence-electron chi connectivity index (χ4n) is 3.68. The van der Waals surface area contributed by atoms with Crippen LogP contribution >= 0.6 is 0 Å². The molecule has 0 bridgehead atoms. The number of ketones is 1. The Morgan fingerprint density at radius 2 is 1.76 bits per heavy atom. The Bertz CT molecular complexity index is 1360. The van der Waals surface area contributed by atoms with Gasteiger partial charge >= 0.3 is 0 Å². The third-order valence-electron chi connectivity index (χ3n) is 5.57. The molecule has 4 rings (SSSR count). The third-order valence-corrected chi connectivity index (χ3v) is 6.64. The van der Waals surface area contributed by atoms with E-state index in [0.717, 1.165) is 5.56 Å². The van der Waals surface area contributed by atoms with Gasteiger partial charge in [-0.05, 0) is 59.9 Å². The van der Waals surface area contributed by atoms with E-state index in [1.807, 2.05) is 49.4 Å². The van der Waals surface area contributed by atoms with Crippen LogP contribution in [0.1, 0.15) is 36.8 Å². The lowest BCUT2D eigenvalue weighted by atomic mass is 9.94. The number of carbonyl (C=O) groups excluding carboxylic acids is 1. The van der Waals surface area contributed by atoms with Crippen LogP contribution in [-0.4, -0.2) is 20.0 Å². The third kappa shape index (κ3) is 5.82. The molecule has 6 nitrogen and oxygen atoms in total. The average Bonchev–Trinajstić information content (AvgIpc) is 2.83. The maximum absolute atomic E-state index is 13.3. The Labute approximate surface area is 200 Å². The second-order valence-corrected chi connectivity index (χ2v) is 9.39. The van der Waals surface area contributed by atoms with Crippen molar-refractivity contribution in [1.82, 2.24) is 9.97 Å². The predicted molar refractivity (Wildman–Crippen MR) is 133 cm³/mol. The number of anilines is 2. The SMILES string of the molecule is CC(CCC(=O)Cc1cccc(F)c1)c1cccc(S(=O)Nc2nc3ccccc3nc2N)c1. The molecule has 174 valence electrons. The molecule has 0 amide bonds. The summed E-state index contributed by atoms with van der Waals surface area (Å²) >= 11 is 0. The number of carbonyl (C=O) groups is 1. The van der Waals surface area contributed by atoms with Gasteiger partial charge in [0, 0.05) is 12.8 Å². The Balaban J connectivity index is 1.39. The molecule has 34 heavy (non-hydrogen) atoms. The first-order chi connectivity index (χ1) is 16.4. The highest BCUT2D eigenvalue weighted by Crippen LogP contribution is 2.25. The summed E-state index contributed by atoms with van der Waals surface area (Å²) in [5.74, 6) is 0.239. The Hall–Kier alpha value is -3.65.